The van der Waals surface area contributed by atoms with Gasteiger partial charge in [-0.2, -0.15) is 0 Å². The molecule has 1 aromatic heterocycles. The van der Waals surface area contributed by atoms with Crippen molar-refractivity contribution in [3.8, 4) is 0 Å². The quantitative estimate of drug-likeness (QED) is 0.751. The third kappa shape index (κ3) is 2.60. The van der Waals surface area contributed by atoms with Crippen molar-refractivity contribution in [1.29, 1.82) is 0 Å². The zero-order valence-corrected chi connectivity index (χ0v) is 11.2. The molecule has 6 heteroatoms. The molecule has 0 radical (unpaired) electrons. The molecule has 1 N–H and O–H groups in total. The first kappa shape index (κ1) is 13.6. The summed E-state index contributed by atoms with van der Waals surface area (Å²) < 4.78 is 32.3. The summed E-state index contributed by atoms with van der Waals surface area (Å²) in [6.45, 7) is 0. The minimum absolute atomic E-state index is 0.0603. The molecule has 1 heterocycles. The molecule has 0 aliphatic rings. The number of halogens is 3. The van der Waals surface area contributed by atoms with Crippen LogP contribution in [0, 0.1) is 11.6 Å². The predicted molar refractivity (Wildman–Crippen MR) is 75.5 cm³/mol. The van der Waals surface area contributed by atoms with E-state index >= 15 is 0 Å². The molecule has 0 spiro atoms. The van der Waals surface area contributed by atoms with Crippen molar-refractivity contribution < 1.29 is 18.0 Å². The van der Waals surface area contributed by atoms with Crippen molar-refractivity contribution in [2.45, 2.75) is 0 Å². The van der Waals surface area contributed by atoms with Crippen molar-refractivity contribution in [3.05, 3.63) is 64.9 Å². The SMILES string of the molecule is O=C(Nc1c(F)cccc1F)c1cc2cc(Cl)ccc2o1. The second kappa shape index (κ2) is 5.18. The van der Waals surface area contributed by atoms with Crippen molar-refractivity contribution in [1.82, 2.24) is 0 Å². The number of anilines is 1. The molecule has 0 aliphatic carbocycles. The molecule has 0 atom stereocenters. The topological polar surface area (TPSA) is 42.2 Å². The molecule has 1 amide bonds. The highest BCUT2D eigenvalue weighted by Gasteiger charge is 2.17. The fourth-order valence-corrected chi connectivity index (χ4v) is 2.10. The van der Waals surface area contributed by atoms with E-state index in [1.165, 1.54) is 12.1 Å². The van der Waals surface area contributed by atoms with Crippen LogP contribution < -0.4 is 5.32 Å². The van der Waals surface area contributed by atoms with Gasteiger partial charge in [0.15, 0.2) is 5.76 Å². The molecule has 106 valence electrons. The molecule has 0 fully saturated rings. The minimum Gasteiger partial charge on any atom is -0.451 e. The van der Waals surface area contributed by atoms with E-state index in [2.05, 4.69) is 5.32 Å². The molecule has 0 saturated heterocycles. The van der Waals surface area contributed by atoms with Crippen LogP contribution in [0.15, 0.2) is 46.9 Å². The molecular formula is C15H8ClF2NO2. The number of hydrogen-bond donors (Lipinski definition) is 1. The second-order valence-electron chi connectivity index (χ2n) is 4.34. The molecule has 0 unspecified atom stereocenters. The number of benzene rings is 2. The molecule has 3 aromatic rings. The van der Waals surface area contributed by atoms with Gasteiger partial charge in [-0.25, -0.2) is 8.78 Å². The van der Waals surface area contributed by atoms with E-state index in [4.69, 9.17) is 16.0 Å². The number of furan rings is 1. The first-order chi connectivity index (χ1) is 10.0. The van der Waals surface area contributed by atoms with Gasteiger partial charge in [-0.3, -0.25) is 4.79 Å². The van der Waals surface area contributed by atoms with E-state index in [1.807, 2.05) is 0 Å². The third-order valence-electron chi connectivity index (χ3n) is 2.90. The summed E-state index contributed by atoms with van der Waals surface area (Å²) in [5, 5.41) is 3.28. The van der Waals surface area contributed by atoms with Gasteiger partial charge in [0, 0.05) is 10.4 Å². The minimum atomic E-state index is -0.859. The summed E-state index contributed by atoms with van der Waals surface area (Å²) in [5.41, 5.74) is -0.0560. The normalized spacial score (nSPS) is 10.8. The predicted octanol–water partition coefficient (Wildman–Crippen LogP) is 4.62. The van der Waals surface area contributed by atoms with Gasteiger partial charge in [0.2, 0.25) is 0 Å². The van der Waals surface area contributed by atoms with Crippen LogP contribution in [0.25, 0.3) is 11.0 Å². The van der Waals surface area contributed by atoms with Crippen molar-refractivity contribution in [2.75, 3.05) is 5.32 Å². The third-order valence-corrected chi connectivity index (χ3v) is 3.14. The lowest BCUT2D eigenvalue weighted by Gasteiger charge is -2.05. The zero-order valence-electron chi connectivity index (χ0n) is 10.5. The average molecular weight is 308 g/mol. The lowest BCUT2D eigenvalue weighted by atomic mass is 10.2. The Bertz CT molecular complexity index is 825. The van der Waals surface area contributed by atoms with E-state index < -0.39 is 23.2 Å². The van der Waals surface area contributed by atoms with Gasteiger partial charge >= 0.3 is 0 Å². The Morgan fingerprint density at radius 2 is 1.81 bits per heavy atom. The van der Waals surface area contributed by atoms with E-state index in [0.29, 0.717) is 16.0 Å². The molecule has 3 nitrogen and oxygen atoms in total. The lowest BCUT2D eigenvalue weighted by Crippen LogP contribution is -2.13. The van der Waals surface area contributed by atoms with Crippen molar-refractivity contribution in [2.24, 2.45) is 0 Å². The van der Waals surface area contributed by atoms with Crippen LogP contribution in [0.3, 0.4) is 0 Å². The molecule has 2 aromatic carbocycles. The average Bonchev–Trinajstić information content (AvgIpc) is 2.86. The summed E-state index contributed by atoms with van der Waals surface area (Å²) in [5.74, 6) is -2.52. The largest absolute Gasteiger partial charge is 0.451 e. The van der Waals surface area contributed by atoms with E-state index in [1.54, 1.807) is 18.2 Å². The number of amides is 1. The first-order valence-corrected chi connectivity index (χ1v) is 6.37. The van der Waals surface area contributed by atoms with Gasteiger partial charge in [-0.05, 0) is 36.4 Å². The number of carbonyl (C=O) groups is 1. The maximum absolute atomic E-state index is 13.5. The Hall–Kier alpha value is -2.40. The van der Waals surface area contributed by atoms with Crippen LogP contribution in [0.5, 0.6) is 0 Å². The van der Waals surface area contributed by atoms with Gasteiger partial charge in [0.1, 0.15) is 22.9 Å². The highest BCUT2D eigenvalue weighted by Crippen LogP contribution is 2.24. The van der Waals surface area contributed by atoms with Crippen molar-refractivity contribution in [3.63, 3.8) is 0 Å². The highest BCUT2D eigenvalue weighted by atomic mass is 35.5. The number of carbonyl (C=O) groups excluding carboxylic acids is 1. The molecule has 0 saturated carbocycles. The smallest absolute Gasteiger partial charge is 0.291 e. The summed E-state index contributed by atoms with van der Waals surface area (Å²) in [4.78, 5) is 12.0. The fourth-order valence-electron chi connectivity index (χ4n) is 1.92. The Balaban J connectivity index is 1.94. The van der Waals surface area contributed by atoms with Gasteiger partial charge in [0.25, 0.3) is 5.91 Å². The summed E-state index contributed by atoms with van der Waals surface area (Å²) in [7, 11) is 0. The number of fused-ring (bicyclic) bond motifs is 1. The molecular weight excluding hydrogens is 300 g/mol. The highest BCUT2D eigenvalue weighted by molar-refractivity contribution is 6.31. The maximum Gasteiger partial charge on any atom is 0.291 e. The molecule has 21 heavy (non-hydrogen) atoms. The molecule has 0 bridgehead atoms. The van der Waals surface area contributed by atoms with Crippen LogP contribution >= 0.6 is 11.6 Å². The van der Waals surface area contributed by atoms with Gasteiger partial charge < -0.3 is 9.73 Å². The monoisotopic (exact) mass is 307 g/mol. The van der Waals surface area contributed by atoms with Crippen LogP contribution in [-0.2, 0) is 0 Å². The van der Waals surface area contributed by atoms with Crippen LogP contribution in [0.4, 0.5) is 14.5 Å². The van der Waals surface area contributed by atoms with Gasteiger partial charge in [0.05, 0.1) is 0 Å². The number of rotatable bonds is 2. The van der Waals surface area contributed by atoms with Gasteiger partial charge in [-0.1, -0.05) is 17.7 Å². The maximum atomic E-state index is 13.5. The lowest BCUT2D eigenvalue weighted by molar-refractivity contribution is 0.0997. The Morgan fingerprint density at radius 3 is 2.52 bits per heavy atom. The van der Waals surface area contributed by atoms with Crippen LogP contribution in [0.2, 0.25) is 5.02 Å². The van der Waals surface area contributed by atoms with Gasteiger partial charge in [-0.15, -0.1) is 0 Å². The summed E-state index contributed by atoms with van der Waals surface area (Å²) in [6.07, 6.45) is 0. The Labute approximate surface area is 123 Å². The van der Waals surface area contributed by atoms with E-state index in [9.17, 15) is 13.6 Å². The Kier molecular flexibility index (Phi) is 3.35. The van der Waals surface area contributed by atoms with Crippen LogP contribution in [0.1, 0.15) is 10.6 Å². The zero-order chi connectivity index (χ0) is 15.0. The standard InChI is InChI=1S/C15H8ClF2NO2/c16-9-4-5-12-8(6-9)7-13(21-12)15(20)19-14-10(17)2-1-3-11(14)18/h1-7H,(H,19,20). The first-order valence-electron chi connectivity index (χ1n) is 5.99. The molecule has 0 aliphatic heterocycles. The second-order valence-corrected chi connectivity index (χ2v) is 4.78. The number of para-hydroxylation sites is 1. The van der Waals surface area contributed by atoms with Crippen molar-refractivity contribution >= 4 is 34.2 Å². The van der Waals surface area contributed by atoms with E-state index in [-0.39, 0.29) is 5.76 Å². The summed E-state index contributed by atoms with van der Waals surface area (Å²) in [6, 6.07) is 9.62. The summed E-state index contributed by atoms with van der Waals surface area (Å²) >= 11 is 5.84. The van der Waals surface area contributed by atoms with Crippen LogP contribution in [-0.4, -0.2) is 5.91 Å². The number of hydrogen-bond acceptors (Lipinski definition) is 2. The Morgan fingerprint density at radius 1 is 1.10 bits per heavy atom. The van der Waals surface area contributed by atoms with E-state index in [0.717, 1.165) is 12.1 Å². The fraction of sp³-hybridized carbons (Fsp3) is 0. The number of nitrogens with one attached hydrogen (secondary N) is 1. The molecule has 3 rings (SSSR count).